The number of esters is 1. The molecule has 0 radical (unpaired) electrons. The van der Waals surface area contributed by atoms with Gasteiger partial charge in [-0.3, -0.25) is 4.68 Å². The second kappa shape index (κ2) is 5.97. The first-order valence-electron chi connectivity index (χ1n) is 5.84. The minimum Gasteiger partial charge on any atom is -0.462 e. The molecule has 1 heterocycles. The number of nitrogens with zero attached hydrogens (tertiary/aromatic N) is 2. The van der Waals surface area contributed by atoms with Gasteiger partial charge in [0.05, 0.1) is 18.4 Å². The lowest BCUT2D eigenvalue weighted by molar-refractivity contribution is -0.148. The first kappa shape index (κ1) is 14.7. The van der Waals surface area contributed by atoms with Crippen LogP contribution < -0.4 is 5.73 Å². The summed E-state index contributed by atoms with van der Waals surface area (Å²) in [7, 11) is 1.76. The van der Waals surface area contributed by atoms with Crippen LogP contribution in [0.5, 0.6) is 0 Å². The second-order valence-electron chi connectivity index (χ2n) is 5.05. The molecule has 6 heteroatoms. The molecule has 0 bridgehead atoms. The van der Waals surface area contributed by atoms with Crippen LogP contribution in [0.2, 0.25) is 0 Å². The molecule has 0 aromatic carbocycles. The molecule has 1 atom stereocenters. The summed E-state index contributed by atoms with van der Waals surface area (Å²) >= 11 is 0. The zero-order valence-corrected chi connectivity index (χ0v) is 11.3. The van der Waals surface area contributed by atoms with Gasteiger partial charge in [-0.2, -0.15) is 5.10 Å². The van der Waals surface area contributed by atoms with Gasteiger partial charge in [0.1, 0.15) is 12.6 Å². The maximum Gasteiger partial charge on any atom is 0.327 e. The smallest absolute Gasteiger partial charge is 0.327 e. The van der Waals surface area contributed by atoms with Crippen molar-refractivity contribution in [2.24, 2.45) is 12.8 Å². The summed E-state index contributed by atoms with van der Waals surface area (Å²) in [5, 5.41) is 3.95. The van der Waals surface area contributed by atoms with Crippen LogP contribution in [-0.2, 0) is 21.3 Å². The molecule has 102 valence electrons. The summed E-state index contributed by atoms with van der Waals surface area (Å²) in [6.45, 7) is 6.38. The fourth-order valence-electron chi connectivity index (χ4n) is 1.32. The van der Waals surface area contributed by atoms with Gasteiger partial charge in [0, 0.05) is 18.8 Å². The molecule has 0 aliphatic rings. The molecule has 0 saturated carbocycles. The quantitative estimate of drug-likeness (QED) is 0.621. The van der Waals surface area contributed by atoms with Crippen LogP contribution in [0.4, 0.5) is 0 Å². The van der Waals surface area contributed by atoms with E-state index >= 15 is 0 Å². The lowest BCUT2D eigenvalue weighted by Crippen LogP contribution is -2.27. The van der Waals surface area contributed by atoms with Crippen molar-refractivity contribution in [2.75, 3.05) is 13.2 Å². The molecule has 18 heavy (non-hydrogen) atoms. The molecule has 1 aromatic rings. The Morgan fingerprint density at radius 2 is 2.17 bits per heavy atom. The molecule has 0 amide bonds. The molecule has 0 aliphatic carbocycles. The van der Waals surface area contributed by atoms with Crippen LogP contribution in [0.1, 0.15) is 32.4 Å². The number of aromatic nitrogens is 2. The fraction of sp³-hybridized carbons (Fsp3) is 0.667. The Labute approximate surface area is 107 Å². The summed E-state index contributed by atoms with van der Waals surface area (Å²) in [5.74, 6) is -0.472. The first-order valence-corrected chi connectivity index (χ1v) is 5.84. The molecular formula is C12H21N3O3. The number of rotatable bonds is 5. The number of carbonyl (C=O) groups excluding carboxylic acids is 1. The van der Waals surface area contributed by atoms with Crippen LogP contribution in [0, 0.1) is 0 Å². The van der Waals surface area contributed by atoms with E-state index in [0.717, 1.165) is 0 Å². The highest BCUT2D eigenvalue weighted by Gasteiger charge is 2.19. The maximum absolute atomic E-state index is 11.6. The summed E-state index contributed by atoms with van der Waals surface area (Å²) in [5.41, 5.74) is 6.15. The number of hydrogen-bond acceptors (Lipinski definition) is 5. The summed E-state index contributed by atoms with van der Waals surface area (Å²) in [6, 6.07) is -0.798. The number of hydrogen-bond donors (Lipinski definition) is 1. The highest BCUT2D eigenvalue weighted by atomic mass is 16.6. The molecule has 1 unspecified atom stereocenters. The number of aryl methyl sites for hydroxylation is 1. The fourth-order valence-corrected chi connectivity index (χ4v) is 1.32. The lowest BCUT2D eigenvalue weighted by Gasteiger charge is -2.19. The predicted molar refractivity (Wildman–Crippen MR) is 66.8 cm³/mol. The van der Waals surface area contributed by atoms with Crippen molar-refractivity contribution in [1.82, 2.24) is 9.78 Å². The highest BCUT2D eigenvalue weighted by molar-refractivity contribution is 5.77. The number of carbonyl (C=O) groups is 1. The van der Waals surface area contributed by atoms with Gasteiger partial charge >= 0.3 is 5.97 Å². The lowest BCUT2D eigenvalue weighted by atomic mass is 10.2. The normalized spacial score (nSPS) is 13.4. The van der Waals surface area contributed by atoms with Gasteiger partial charge in [-0.1, -0.05) is 0 Å². The van der Waals surface area contributed by atoms with Gasteiger partial charge in [-0.15, -0.1) is 0 Å². The van der Waals surface area contributed by atoms with Crippen molar-refractivity contribution in [2.45, 2.75) is 32.4 Å². The van der Waals surface area contributed by atoms with Gasteiger partial charge in [-0.25, -0.2) is 4.79 Å². The molecule has 0 saturated heterocycles. The molecule has 1 aromatic heterocycles. The first-order chi connectivity index (χ1) is 8.29. The van der Waals surface area contributed by atoms with E-state index in [1.807, 2.05) is 20.8 Å². The van der Waals surface area contributed by atoms with E-state index in [1.165, 1.54) is 0 Å². The highest BCUT2D eigenvalue weighted by Crippen LogP contribution is 2.10. The summed E-state index contributed by atoms with van der Waals surface area (Å²) in [6.07, 6.45) is 3.25. The maximum atomic E-state index is 11.6. The Kier molecular flexibility index (Phi) is 4.86. The van der Waals surface area contributed by atoms with E-state index in [1.54, 1.807) is 24.1 Å². The predicted octanol–water partition coefficient (Wildman–Crippen LogP) is 0.778. The molecule has 2 N–H and O–H groups in total. The standard InChI is InChI=1S/C12H21N3O3/c1-12(2,3)18-6-5-17-11(16)10(13)9-7-14-15(4)8-9/h7-8,10H,5-6,13H2,1-4H3. The van der Waals surface area contributed by atoms with Gasteiger partial charge in [0.2, 0.25) is 0 Å². The minimum absolute atomic E-state index is 0.198. The molecule has 1 rings (SSSR count). The van der Waals surface area contributed by atoms with Gasteiger partial charge in [-0.05, 0) is 20.8 Å². The summed E-state index contributed by atoms with van der Waals surface area (Å²) < 4.78 is 12.1. The third-order valence-corrected chi connectivity index (χ3v) is 2.20. The SMILES string of the molecule is Cn1cc(C(N)C(=O)OCCOC(C)(C)C)cn1. The zero-order valence-electron chi connectivity index (χ0n) is 11.3. The Hall–Kier alpha value is -1.40. The van der Waals surface area contributed by atoms with Crippen LogP contribution in [-0.4, -0.2) is 34.6 Å². The van der Waals surface area contributed by atoms with Crippen LogP contribution in [0.25, 0.3) is 0 Å². The Morgan fingerprint density at radius 3 is 2.67 bits per heavy atom. The number of nitrogens with two attached hydrogens (primary N) is 1. The number of ether oxygens (including phenoxy) is 2. The van der Waals surface area contributed by atoms with Gasteiger partial charge in [0.15, 0.2) is 0 Å². The topological polar surface area (TPSA) is 79.4 Å². The van der Waals surface area contributed by atoms with Crippen molar-refractivity contribution >= 4 is 5.97 Å². The Bertz CT molecular complexity index is 396. The Morgan fingerprint density at radius 1 is 1.50 bits per heavy atom. The van der Waals surface area contributed by atoms with E-state index in [9.17, 15) is 4.79 Å². The van der Waals surface area contributed by atoms with Crippen LogP contribution in [0.15, 0.2) is 12.4 Å². The largest absolute Gasteiger partial charge is 0.462 e. The van der Waals surface area contributed by atoms with Gasteiger partial charge < -0.3 is 15.2 Å². The Balaban J connectivity index is 2.33. The third kappa shape index (κ3) is 4.85. The minimum atomic E-state index is -0.798. The third-order valence-electron chi connectivity index (χ3n) is 2.20. The molecule has 0 fully saturated rings. The van der Waals surface area contributed by atoms with Crippen molar-refractivity contribution in [1.29, 1.82) is 0 Å². The van der Waals surface area contributed by atoms with E-state index in [2.05, 4.69) is 5.10 Å². The molecule has 0 aliphatic heterocycles. The van der Waals surface area contributed by atoms with E-state index in [-0.39, 0.29) is 12.2 Å². The van der Waals surface area contributed by atoms with E-state index < -0.39 is 12.0 Å². The summed E-state index contributed by atoms with van der Waals surface area (Å²) in [4.78, 5) is 11.6. The van der Waals surface area contributed by atoms with E-state index in [4.69, 9.17) is 15.2 Å². The van der Waals surface area contributed by atoms with Crippen LogP contribution in [0.3, 0.4) is 0 Å². The molecule has 6 nitrogen and oxygen atoms in total. The van der Waals surface area contributed by atoms with Crippen molar-refractivity contribution in [3.8, 4) is 0 Å². The zero-order chi connectivity index (χ0) is 13.8. The van der Waals surface area contributed by atoms with Crippen molar-refractivity contribution in [3.05, 3.63) is 18.0 Å². The van der Waals surface area contributed by atoms with Crippen molar-refractivity contribution in [3.63, 3.8) is 0 Å². The monoisotopic (exact) mass is 255 g/mol. The van der Waals surface area contributed by atoms with Crippen LogP contribution >= 0.6 is 0 Å². The van der Waals surface area contributed by atoms with Gasteiger partial charge in [0.25, 0.3) is 0 Å². The average molecular weight is 255 g/mol. The van der Waals surface area contributed by atoms with E-state index in [0.29, 0.717) is 12.2 Å². The van der Waals surface area contributed by atoms with Crippen molar-refractivity contribution < 1.29 is 14.3 Å². The molecular weight excluding hydrogens is 234 g/mol. The molecule has 0 spiro atoms. The average Bonchev–Trinajstić information content (AvgIpc) is 2.68. The second-order valence-corrected chi connectivity index (χ2v) is 5.05.